The van der Waals surface area contributed by atoms with Crippen LogP contribution in [0.5, 0.6) is 0 Å². The smallest absolute Gasteiger partial charge is 0.324 e. The number of nitrogens with one attached hydrogen (secondary N) is 2. The van der Waals surface area contributed by atoms with Crippen LogP contribution in [0.1, 0.15) is 5.56 Å². The molecule has 0 aliphatic carbocycles. The molecule has 4 rings (SSSR count). The van der Waals surface area contributed by atoms with Crippen molar-refractivity contribution in [1.29, 1.82) is 0 Å². The number of urea groups is 1. The number of nitrogens with zero attached hydrogens (tertiary/aromatic N) is 1. The molecule has 0 aliphatic heterocycles. The molecule has 190 valence electrons. The molecule has 0 spiro atoms. The number of halogens is 2. The number of fused-ring (bicyclic) bond motifs is 1. The summed E-state index contributed by atoms with van der Waals surface area (Å²) in [6, 6.07) is 22.7. The number of amides is 2. The molecule has 0 heterocycles. The number of carboxylic acids is 1. The number of carbonyl (C=O) groups is 2. The predicted molar refractivity (Wildman–Crippen MR) is 145 cm³/mol. The molecule has 11 heteroatoms. The first-order chi connectivity index (χ1) is 17.6. The first-order valence-electron chi connectivity index (χ1n) is 10.9. The standard InChI is InChI=1S/C26H21Cl2N3O5S/c27-20-12-21(28)14-24(13-20)37(35,36)31(16-25(32)33)23-9-7-18-6-8-22(10-19(18)11-23)30-26(34)29-15-17-4-2-1-3-5-17/h1-14H,15-16H2,(H,32,33)(H2,29,30,34). The Hall–Kier alpha value is -3.79. The van der Waals surface area contributed by atoms with Gasteiger partial charge in [0.05, 0.1) is 10.6 Å². The summed E-state index contributed by atoms with van der Waals surface area (Å²) < 4.78 is 27.5. The molecule has 4 aromatic carbocycles. The molecule has 0 aromatic heterocycles. The highest BCUT2D eigenvalue weighted by Gasteiger charge is 2.28. The number of hydrogen-bond donors (Lipinski definition) is 3. The zero-order valence-corrected chi connectivity index (χ0v) is 21.5. The van der Waals surface area contributed by atoms with Crippen molar-refractivity contribution in [2.45, 2.75) is 11.4 Å². The molecule has 0 unspecified atom stereocenters. The van der Waals surface area contributed by atoms with E-state index in [0.717, 1.165) is 15.3 Å². The second-order valence-corrected chi connectivity index (χ2v) is 10.8. The summed E-state index contributed by atoms with van der Waals surface area (Å²) in [7, 11) is -4.32. The van der Waals surface area contributed by atoms with Gasteiger partial charge in [-0.25, -0.2) is 13.2 Å². The van der Waals surface area contributed by atoms with E-state index in [1.54, 1.807) is 24.3 Å². The van der Waals surface area contributed by atoms with Gasteiger partial charge in [-0.1, -0.05) is 65.7 Å². The number of anilines is 2. The topological polar surface area (TPSA) is 116 Å². The van der Waals surface area contributed by atoms with Gasteiger partial charge in [0.25, 0.3) is 10.0 Å². The number of rotatable bonds is 8. The molecule has 0 fully saturated rings. The van der Waals surface area contributed by atoms with Crippen LogP contribution in [-0.4, -0.2) is 32.1 Å². The van der Waals surface area contributed by atoms with E-state index in [-0.39, 0.29) is 20.6 Å². The monoisotopic (exact) mass is 557 g/mol. The van der Waals surface area contributed by atoms with Gasteiger partial charge in [0, 0.05) is 22.3 Å². The number of carbonyl (C=O) groups excluding carboxylic acids is 1. The van der Waals surface area contributed by atoms with E-state index in [2.05, 4.69) is 10.6 Å². The average molecular weight is 558 g/mol. The van der Waals surface area contributed by atoms with Gasteiger partial charge in [-0.15, -0.1) is 0 Å². The van der Waals surface area contributed by atoms with Crippen LogP contribution in [0.2, 0.25) is 10.0 Å². The molecule has 0 saturated carbocycles. The highest BCUT2D eigenvalue weighted by molar-refractivity contribution is 7.92. The quantitative estimate of drug-likeness (QED) is 0.255. The summed E-state index contributed by atoms with van der Waals surface area (Å²) >= 11 is 12.0. The van der Waals surface area contributed by atoms with Crippen LogP contribution in [-0.2, 0) is 21.4 Å². The van der Waals surface area contributed by atoms with E-state index in [1.807, 2.05) is 30.3 Å². The van der Waals surface area contributed by atoms with Gasteiger partial charge in [0.1, 0.15) is 6.54 Å². The van der Waals surface area contributed by atoms with Crippen molar-refractivity contribution in [3.05, 3.63) is 101 Å². The molecular weight excluding hydrogens is 537 g/mol. The maximum atomic E-state index is 13.4. The van der Waals surface area contributed by atoms with Gasteiger partial charge in [-0.3, -0.25) is 9.10 Å². The fourth-order valence-corrected chi connectivity index (χ4v) is 5.80. The zero-order chi connectivity index (χ0) is 26.6. The Kier molecular flexibility index (Phi) is 7.87. The normalized spacial score (nSPS) is 11.2. The highest BCUT2D eigenvalue weighted by atomic mass is 35.5. The van der Waals surface area contributed by atoms with Crippen molar-refractivity contribution in [2.75, 3.05) is 16.2 Å². The van der Waals surface area contributed by atoms with Gasteiger partial charge in [0.15, 0.2) is 0 Å². The first-order valence-corrected chi connectivity index (χ1v) is 13.1. The number of sulfonamides is 1. The van der Waals surface area contributed by atoms with E-state index in [4.69, 9.17) is 23.2 Å². The highest BCUT2D eigenvalue weighted by Crippen LogP contribution is 2.31. The van der Waals surface area contributed by atoms with Gasteiger partial charge in [0.2, 0.25) is 0 Å². The molecule has 0 saturated heterocycles. The summed E-state index contributed by atoms with van der Waals surface area (Å²) in [6.07, 6.45) is 0. The van der Waals surface area contributed by atoms with Crippen LogP contribution in [0.15, 0.2) is 89.8 Å². The maximum absolute atomic E-state index is 13.4. The maximum Gasteiger partial charge on any atom is 0.324 e. The van der Waals surface area contributed by atoms with Crippen LogP contribution in [0.4, 0.5) is 16.2 Å². The third kappa shape index (κ3) is 6.51. The fraction of sp³-hybridized carbons (Fsp3) is 0.0769. The Labute approximate surface area is 223 Å². The van der Waals surface area contributed by atoms with E-state index in [0.29, 0.717) is 17.6 Å². The molecule has 3 N–H and O–H groups in total. The lowest BCUT2D eigenvalue weighted by Crippen LogP contribution is -2.35. The SMILES string of the molecule is O=C(O)CN(c1ccc2ccc(NC(=O)NCc3ccccc3)cc2c1)S(=O)(=O)c1cc(Cl)cc(Cl)c1. The second kappa shape index (κ2) is 11.1. The predicted octanol–water partition coefficient (Wildman–Crippen LogP) is 5.75. The molecular formula is C26H21Cl2N3O5S. The Bertz CT molecular complexity index is 1560. The summed E-state index contributed by atoms with van der Waals surface area (Å²) in [5.41, 5.74) is 1.54. The Morgan fingerprint density at radius 2 is 1.51 bits per heavy atom. The van der Waals surface area contributed by atoms with Crippen molar-refractivity contribution in [2.24, 2.45) is 0 Å². The van der Waals surface area contributed by atoms with E-state index in [9.17, 15) is 23.1 Å². The molecule has 0 bridgehead atoms. The molecule has 0 atom stereocenters. The van der Waals surface area contributed by atoms with Crippen molar-refractivity contribution in [3.8, 4) is 0 Å². The molecule has 2 amide bonds. The Morgan fingerprint density at radius 1 is 0.838 bits per heavy atom. The molecule has 8 nitrogen and oxygen atoms in total. The zero-order valence-electron chi connectivity index (χ0n) is 19.2. The van der Waals surface area contributed by atoms with Crippen molar-refractivity contribution in [1.82, 2.24) is 5.32 Å². The van der Waals surface area contributed by atoms with E-state index in [1.165, 1.54) is 30.3 Å². The summed E-state index contributed by atoms with van der Waals surface area (Å²) in [5.74, 6) is -1.35. The Morgan fingerprint density at radius 3 is 2.19 bits per heavy atom. The third-order valence-electron chi connectivity index (χ3n) is 5.37. The van der Waals surface area contributed by atoms with Crippen LogP contribution >= 0.6 is 23.2 Å². The van der Waals surface area contributed by atoms with Gasteiger partial charge < -0.3 is 15.7 Å². The summed E-state index contributed by atoms with van der Waals surface area (Å²) in [6.45, 7) is -0.474. The van der Waals surface area contributed by atoms with Gasteiger partial charge in [-0.2, -0.15) is 0 Å². The number of hydrogen-bond acceptors (Lipinski definition) is 4. The van der Waals surface area contributed by atoms with Crippen LogP contribution < -0.4 is 14.9 Å². The third-order valence-corrected chi connectivity index (χ3v) is 7.56. The largest absolute Gasteiger partial charge is 0.480 e. The van der Waals surface area contributed by atoms with Crippen LogP contribution in [0, 0.1) is 0 Å². The number of carboxylic acid groups (broad SMARTS) is 1. The molecule has 0 aliphatic rings. The number of benzene rings is 4. The minimum Gasteiger partial charge on any atom is -0.480 e. The van der Waals surface area contributed by atoms with Crippen molar-refractivity contribution < 1.29 is 23.1 Å². The average Bonchev–Trinajstić information content (AvgIpc) is 2.85. The lowest BCUT2D eigenvalue weighted by atomic mass is 10.1. The van der Waals surface area contributed by atoms with E-state index >= 15 is 0 Å². The second-order valence-electron chi connectivity index (χ2n) is 8.05. The number of aliphatic carboxylic acids is 1. The lowest BCUT2D eigenvalue weighted by Gasteiger charge is -2.23. The fourth-order valence-electron chi connectivity index (χ4n) is 3.66. The lowest BCUT2D eigenvalue weighted by molar-refractivity contribution is -0.135. The van der Waals surface area contributed by atoms with Crippen LogP contribution in [0.25, 0.3) is 10.8 Å². The Balaban J connectivity index is 1.62. The molecule has 4 aromatic rings. The van der Waals surface area contributed by atoms with Crippen LogP contribution in [0.3, 0.4) is 0 Å². The first kappa shape index (κ1) is 26.3. The van der Waals surface area contributed by atoms with Gasteiger partial charge in [-0.05, 0) is 58.8 Å². The molecule has 0 radical (unpaired) electrons. The minimum absolute atomic E-state index is 0.0983. The van der Waals surface area contributed by atoms with Crippen molar-refractivity contribution >= 4 is 67.4 Å². The summed E-state index contributed by atoms with van der Waals surface area (Å²) in [5, 5.41) is 16.5. The molecule has 37 heavy (non-hydrogen) atoms. The van der Waals surface area contributed by atoms with Crippen molar-refractivity contribution in [3.63, 3.8) is 0 Å². The minimum atomic E-state index is -4.32. The van der Waals surface area contributed by atoms with Gasteiger partial charge >= 0.3 is 12.0 Å². The van der Waals surface area contributed by atoms with E-state index < -0.39 is 28.6 Å². The summed E-state index contributed by atoms with van der Waals surface area (Å²) in [4.78, 5) is 23.7.